The van der Waals surface area contributed by atoms with Crippen molar-refractivity contribution in [2.75, 3.05) is 13.1 Å². The Morgan fingerprint density at radius 1 is 0.947 bits per heavy atom. The molecule has 0 aromatic rings. The van der Waals surface area contributed by atoms with Gasteiger partial charge in [0.15, 0.2) is 0 Å². The van der Waals surface area contributed by atoms with Crippen LogP contribution in [0.5, 0.6) is 0 Å². The van der Waals surface area contributed by atoms with E-state index in [1.54, 1.807) is 0 Å². The second kappa shape index (κ2) is 5.95. The fourth-order valence-corrected chi connectivity index (χ4v) is 4.90. The molecule has 19 heavy (non-hydrogen) atoms. The molecule has 0 amide bonds. The number of rotatable bonds is 3. The highest BCUT2D eigenvalue weighted by Gasteiger charge is 2.39. The zero-order chi connectivity index (χ0) is 13.1. The molecule has 2 atom stereocenters. The summed E-state index contributed by atoms with van der Waals surface area (Å²) in [5, 5.41) is 0. The largest absolute Gasteiger partial charge is 0.303 e. The summed E-state index contributed by atoms with van der Waals surface area (Å²) < 4.78 is 0. The van der Waals surface area contributed by atoms with Gasteiger partial charge in [0.25, 0.3) is 0 Å². The van der Waals surface area contributed by atoms with Gasteiger partial charge in [-0.3, -0.25) is 4.90 Å². The molecule has 3 fully saturated rings. The first-order valence-corrected chi connectivity index (χ1v) is 8.53. The maximum Gasteiger partial charge on any atom is 0.127 e. The van der Waals surface area contributed by atoms with Crippen LogP contribution in [0.15, 0.2) is 0 Å². The number of fused-ring (bicyclic) bond motifs is 1. The van der Waals surface area contributed by atoms with Crippen molar-refractivity contribution in [2.24, 2.45) is 11.3 Å². The predicted octanol–water partition coefficient (Wildman–Crippen LogP) is 3.79. The lowest BCUT2D eigenvalue weighted by Gasteiger charge is -2.47. The van der Waals surface area contributed by atoms with E-state index in [0.717, 1.165) is 31.3 Å². The summed E-state index contributed by atoms with van der Waals surface area (Å²) >= 11 is 0. The Morgan fingerprint density at radius 3 is 2.47 bits per heavy atom. The van der Waals surface area contributed by atoms with Gasteiger partial charge >= 0.3 is 0 Å². The highest BCUT2D eigenvalue weighted by Crippen LogP contribution is 2.40. The van der Waals surface area contributed by atoms with E-state index >= 15 is 0 Å². The molecule has 0 radical (unpaired) electrons. The summed E-state index contributed by atoms with van der Waals surface area (Å²) in [5.41, 5.74) is 0.0115. The molecule has 3 aliphatic rings. The average molecular weight is 263 g/mol. The summed E-state index contributed by atoms with van der Waals surface area (Å²) in [4.78, 5) is 14.4. The first kappa shape index (κ1) is 13.6. The summed E-state index contributed by atoms with van der Waals surface area (Å²) in [6, 6.07) is 0.807. The first-order valence-electron chi connectivity index (χ1n) is 8.53. The van der Waals surface area contributed by atoms with Crippen molar-refractivity contribution in [1.82, 2.24) is 4.90 Å². The van der Waals surface area contributed by atoms with Crippen LogP contribution >= 0.6 is 0 Å². The SMILES string of the molecule is O=CC1(CN2CCC[C@H]3CCCC[C@H]32)CCCCC1. The smallest absolute Gasteiger partial charge is 0.127 e. The average Bonchev–Trinajstić information content (AvgIpc) is 2.49. The fraction of sp³-hybridized carbons (Fsp3) is 0.941. The van der Waals surface area contributed by atoms with Crippen LogP contribution in [-0.4, -0.2) is 30.3 Å². The predicted molar refractivity (Wildman–Crippen MR) is 78.1 cm³/mol. The van der Waals surface area contributed by atoms with Gasteiger partial charge < -0.3 is 4.79 Å². The number of hydrogen-bond acceptors (Lipinski definition) is 2. The van der Waals surface area contributed by atoms with Crippen molar-refractivity contribution in [1.29, 1.82) is 0 Å². The van der Waals surface area contributed by atoms with Crippen molar-refractivity contribution < 1.29 is 4.79 Å². The lowest BCUT2D eigenvalue weighted by atomic mass is 9.72. The molecule has 2 nitrogen and oxygen atoms in total. The van der Waals surface area contributed by atoms with Crippen LogP contribution in [0.4, 0.5) is 0 Å². The molecule has 108 valence electrons. The lowest BCUT2D eigenvalue weighted by molar-refractivity contribution is -0.120. The summed E-state index contributed by atoms with van der Waals surface area (Å²) in [5.74, 6) is 0.940. The van der Waals surface area contributed by atoms with E-state index in [2.05, 4.69) is 4.90 Å². The van der Waals surface area contributed by atoms with E-state index in [1.165, 1.54) is 70.6 Å². The summed E-state index contributed by atoms with van der Waals surface area (Å²) in [7, 11) is 0. The maximum absolute atomic E-state index is 11.7. The molecule has 0 spiro atoms. The summed E-state index contributed by atoms with van der Waals surface area (Å²) in [6.45, 7) is 2.31. The lowest BCUT2D eigenvalue weighted by Crippen LogP contribution is -2.51. The monoisotopic (exact) mass is 263 g/mol. The fourth-order valence-electron chi connectivity index (χ4n) is 4.90. The molecule has 1 saturated heterocycles. The molecule has 2 heteroatoms. The first-order chi connectivity index (χ1) is 9.33. The Hall–Kier alpha value is -0.370. The molecule has 1 heterocycles. The number of hydrogen-bond donors (Lipinski definition) is 0. The van der Waals surface area contributed by atoms with Gasteiger partial charge in [-0.05, 0) is 51.0 Å². The van der Waals surface area contributed by atoms with E-state index < -0.39 is 0 Å². The van der Waals surface area contributed by atoms with Gasteiger partial charge in [-0.1, -0.05) is 32.1 Å². The maximum atomic E-state index is 11.7. The number of likely N-dealkylation sites (tertiary alicyclic amines) is 1. The minimum atomic E-state index is 0.0115. The van der Waals surface area contributed by atoms with E-state index in [4.69, 9.17) is 0 Å². The van der Waals surface area contributed by atoms with E-state index in [-0.39, 0.29) is 5.41 Å². The Kier molecular flexibility index (Phi) is 4.26. The standard InChI is InChI=1S/C17H29NO/c19-14-17(10-4-1-5-11-17)13-18-12-6-8-15-7-2-3-9-16(15)18/h14-16H,1-13H2/t15-,16-/m1/s1. The third kappa shape index (κ3) is 2.89. The highest BCUT2D eigenvalue weighted by molar-refractivity contribution is 5.60. The molecule has 0 N–H and O–H groups in total. The second-order valence-corrected chi connectivity index (χ2v) is 7.27. The van der Waals surface area contributed by atoms with E-state index in [1.807, 2.05) is 0 Å². The van der Waals surface area contributed by atoms with Gasteiger partial charge in [0.05, 0.1) is 0 Å². The zero-order valence-electron chi connectivity index (χ0n) is 12.3. The molecule has 0 aromatic carbocycles. The molecule has 0 bridgehead atoms. The van der Waals surface area contributed by atoms with Gasteiger partial charge in [0, 0.05) is 18.0 Å². The van der Waals surface area contributed by atoms with Gasteiger partial charge in [0.1, 0.15) is 6.29 Å². The Balaban J connectivity index is 1.68. The van der Waals surface area contributed by atoms with Crippen LogP contribution < -0.4 is 0 Å². The van der Waals surface area contributed by atoms with Gasteiger partial charge in [-0.2, -0.15) is 0 Å². The van der Waals surface area contributed by atoms with Crippen LogP contribution in [0.2, 0.25) is 0 Å². The van der Waals surface area contributed by atoms with Gasteiger partial charge in [0.2, 0.25) is 0 Å². The van der Waals surface area contributed by atoms with E-state index in [0.29, 0.717) is 0 Å². The van der Waals surface area contributed by atoms with Crippen molar-refractivity contribution in [2.45, 2.75) is 76.7 Å². The van der Waals surface area contributed by atoms with Crippen LogP contribution in [-0.2, 0) is 4.79 Å². The number of aldehydes is 1. The third-order valence-corrected chi connectivity index (χ3v) is 5.98. The Morgan fingerprint density at radius 2 is 1.68 bits per heavy atom. The van der Waals surface area contributed by atoms with Gasteiger partial charge in [-0.25, -0.2) is 0 Å². The highest BCUT2D eigenvalue weighted by atomic mass is 16.1. The van der Waals surface area contributed by atoms with Crippen molar-refractivity contribution in [3.63, 3.8) is 0 Å². The summed E-state index contributed by atoms with van der Waals surface area (Å²) in [6.07, 6.45) is 15.9. The van der Waals surface area contributed by atoms with Crippen LogP contribution in [0.25, 0.3) is 0 Å². The Labute approximate surface area is 117 Å². The van der Waals surface area contributed by atoms with Crippen LogP contribution in [0.3, 0.4) is 0 Å². The third-order valence-electron chi connectivity index (χ3n) is 5.98. The number of carbonyl (C=O) groups excluding carboxylic acids is 1. The van der Waals surface area contributed by atoms with Gasteiger partial charge in [-0.15, -0.1) is 0 Å². The topological polar surface area (TPSA) is 20.3 Å². The van der Waals surface area contributed by atoms with Crippen molar-refractivity contribution in [3.05, 3.63) is 0 Å². The van der Waals surface area contributed by atoms with Crippen LogP contribution in [0, 0.1) is 11.3 Å². The molecule has 2 aliphatic carbocycles. The minimum Gasteiger partial charge on any atom is -0.303 e. The molecular formula is C17H29NO. The number of carbonyl (C=O) groups is 1. The number of nitrogens with zero attached hydrogens (tertiary/aromatic N) is 1. The minimum absolute atomic E-state index is 0.0115. The second-order valence-electron chi connectivity index (χ2n) is 7.27. The normalized spacial score (nSPS) is 35.6. The zero-order valence-corrected chi connectivity index (χ0v) is 12.3. The Bertz CT molecular complexity index is 306. The van der Waals surface area contributed by atoms with Crippen molar-refractivity contribution in [3.8, 4) is 0 Å². The van der Waals surface area contributed by atoms with E-state index in [9.17, 15) is 4.79 Å². The quantitative estimate of drug-likeness (QED) is 0.722. The van der Waals surface area contributed by atoms with Crippen molar-refractivity contribution >= 4 is 6.29 Å². The van der Waals surface area contributed by atoms with Crippen LogP contribution in [0.1, 0.15) is 70.6 Å². The number of piperidine rings is 1. The molecule has 2 saturated carbocycles. The molecule has 0 unspecified atom stereocenters. The molecule has 3 rings (SSSR count). The molecule has 0 aromatic heterocycles. The molecular weight excluding hydrogens is 234 g/mol. The molecule has 1 aliphatic heterocycles.